The summed E-state index contributed by atoms with van der Waals surface area (Å²) in [7, 11) is 5.29. The molecule has 1 aliphatic rings. The molecule has 1 rings (SSSR count). The molecule has 0 saturated carbocycles. The van der Waals surface area contributed by atoms with E-state index in [1.54, 1.807) is 23.3 Å². The van der Waals surface area contributed by atoms with Gasteiger partial charge in [-0.05, 0) is 6.92 Å². The van der Waals surface area contributed by atoms with Crippen molar-refractivity contribution in [1.82, 2.24) is 15.0 Å². The van der Waals surface area contributed by atoms with Gasteiger partial charge in [0.25, 0.3) is 0 Å². The molecular formula is C9H17N5O. The highest BCUT2D eigenvalue weighted by Crippen LogP contribution is 2.05. The fourth-order valence-electron chi connectivity index (χ4n) is 1.23. The summed E-state index contributed by atoms with van der Waals surface area (Å²) in [4.78, 5) is 15.8. The van der Waals surface area contributed by atoms with Crippen LogP contribution in [-0.4, -0.2) is 67.2 Å². The maximum Gasteiger partial charge on any atom is 0.355 e. The lowest BCUT2D eigenvalue weighted by molar-refractivity contribution is 0.0520. The molecule has 2 amide bonds. The molecule has 0 fully saturated rings. The Balaban J connectivity index is 2.81. The molecule has 0 N–H and O–H groups in total. The molecule has 15 heavy (non-hydrogen) atoms. The highest BCUT2D eigenvalue weighted by atomic mass is 16.2. The lowest BCUT2D eigenvalue weighted by Crippen LogP contribution is -2.52. The van der Waals surface area contributed by atoms with Crippen molar-refractivity contribution in [1.29, 1.82) is 0 Å². The third-order valence-electron chi connectivity index (χ3n) is 1.99. The number of amides is 2. The van der Waals surface area contributed by atoms with Gasteiger partial charge in [-0.15, -0.1) is 0 Å². The van der Waals surface area contributed by atoms with E-state index in [1.807, 2.05) is 21.0 Å². The Morgan fingerprint density at radius 2 is 2.27 bits per heavy atom. The van der Waals surface area contributed by atoms with E-state index in [0.29, 0.717) is 6.54 Å². The first-order valence-corrected chi connectivity index (χ1v) is 4.86. The second-order valence-corrected chi connectivity index (χ2v) is 3.43. The van der Waals surface area contributed by atoms with Crippen LogP contribution in [0.15, 0.2) is 10.1 Å². The molecule has 0 aromatic rings. The quantitative estimate of drug-likeness (QED) is 0.629. The van der Waals surface area contributed by atoms with E-state index in [2.05, 4.69) is 10.1 Å². The van der Waals surface area contributed by atoms with Crippen LogP contribution in [-0.2, 0) is 0 Å². The summed E-state index contributed by atoms with van der Waals surface area (Å²) in [6, 6.07) is -0.131. The molecule has 0 bridgehead atoms. The number of hydrazine groups is 1. The normalized spacial score (nSPS) is 17.9. The maximum absolute atomic E-state index is 11.6. The number of rotatable bonds is 3. The first-order valence-electron chi connectivity index (χ1n) is 4.86. The van der Waals surface area contributed by atoms with Crippen molar-refractivity contribution in [2.24, 2.45) is 10.1 Å². The van der Waals surface area contributed by atoms with Crippen LogP contribution in [0.2, 0.25) is 0 Å². The lowest BCUT2D eigenvalue weighted by Gasteiger charge is -2.34. The van der Waals surface area contributed by atoms with Crippen LogP contribution in [0, 0.1) is 0 Å². The summed E-state index contributed by atoms with van der Waals surface area (Å²) in [5, 5.41) is 8.78. The number of nitrogens with zero attached hydrogens (tertiary/aromatic N) is 5. The Labute approximate surface area is 89.8 Å². The highest BCUT2D eigenvalue weighted by molar-refractivity contribution is 6.32. The monoisotopic (exact) mass is 211 g/mol. The van der Waals surface area contributed by atoms with Gasteiger partial charge < -0.3 is 0 Å². The molecule has 0 unspecified atom stereocenters. The van der Waals surface area contributed by atoms with Gasteiger partial charge in [0, 0.05) is 33.9 Å². The minimum atomic E-state index is -0.131. The summed E-state index contributed by atoms with van der Waals surface area (Å²) in [6.45, 7) is 3.15. The van der Waals surface area contributed by atoms with Crippen molar-refractivity contribution in [3.63, 3.8) is 0 Å². The Hall–Kier alpha value is -1.43. The van der Waals surface area contributed by atoms with E-state index in [-0.39, 0.29) is 6.03 Å². The minimum Gasteiger partial charge on any atom is -0.291 e. The Bertz CT molecular complexity index is 297. The number of carbonyl (C=O) groups is 1. The van der Waals surface area contributed by atoms with Gasteiger partial charge in [0.15, 0.2) is 0 Å². The lowest BCUT2D eigenvalue weighted by atomic mass is 10.3. The average Bonchev–Trinajstić information content (AvgIpc) is 2.19. The molecule has 0 aromatic heterocycles. The van der Waals surface area contributed by atoms with Crippen LogP contribution >= 0.6 is 0 Å². The SMILES string of the molecule is CC/N=C/C1=NN(C)C(=O)N(N(C)C)C1. The topological polar surface area (TPSA) is 51.5 Å². The van der Waals surface area contributed by atoms with E-state index in [1.165, 1.54) is 5.01 Å². The summed E-state index contributed by atoms with van der Waals surface area (Å²) in [6.07, 6.45) is 1.71. The van der Waals surface area contributed by atoms with Gasteiger partial charge in [0.1, 0.15) is 0 Å². The molecule has 0 aromatic carbocycles. The van der Waals surface area contributed by atoms with Crippen molar-refractivity contribution >= 4 is 18.0 Å². The Kier molecular flexibility index (Phi) is 3.79. The zero-order valence-corrected chi connectivity index (χ0v) is 9.64. The molecule has 0 aliphatic carbocycles. The molecule has 6 nitrogen and oxygen atoms in total. The molecule has 0 atom stereocenters. The fraction of sp³-hybridized carbons (Fsp3) is 0.667. The van der Waals surface area contributed by atoms with Crippen molar-refractivity contribution < 1.29 is 4.79 Å². The van der Waals surface area contributed by atoms with Crippen molar-refractivity contribution in [3.8, 4) is 0 Å². The summed E-state index contributed by atoms with van der Waals surface area (Å²) >= 11 is 0. The van der Waals surface area contributed by atoms with Gasteiger partial charge in [-0.25, -0.2) is 19.8 Å². The molecule has 1 aliphatic heterocycles. The molecule has 1 heterocycles. The van der Waals surface area contributed by atoms with Crippen LogP contribution in [0.1, 0.15) is 6.92 Å². The second-order valence-electron chi connectivity index (χ2n) is 3.43. The summed E-state index contributed by atoms with van der Waals surface area (Å²) in [5.41, 5.74) is 0.785. The van der Waals surface area contributed by atoms with Crippen molar-refractivity contribution in [2.75, 3.05) is 34.2 Å². The first kappa shape index (κ1) is 11.6. The molecular weight excluding hydrogens is 194 g/mol. The smallest absolute Gasteiger partial charge is 0.291 e. The van der Waals surface area contributed by atoms with E-state index in [4.69, 9.17) is 0 Å². The minimum absolute atomic E-state index is 0.131. The van der Waals surface area contributed by atoms with Gasteiger partial charge in [0.2, 0.25) is 0 Å². The van der Waals surface area contributed by atoms with Gasteiger partial charge in [-0.2, -0.15) is 5.10 Å². The van der Waals surface area contributed by atoms with E-state index >= 15 is 0 Å². The molecule has 6 heteroatoms. The van der Waals surface area contributed by atoms with Gasteiger partial charge in [0.05, 0.1) is 12.3 Å². The summed E-state index contributed by atoms with van der Waals surface area (Å²) < 4.78 is 0. The number of urea groups is 1. The Morgan fingerprint density at radius 3 is 2.80 bits per heavy atom. The van der Waals surface area contributed by atoms with Crippen LogP contribution in [0.5, 0.6) is 0 Å². The van der Waals surface area contributed by atoms with Gasteiger partial charge in [-0.3, -0.25) is 4.99 Å². The molecule has 84 valence electrons. The number of hydrogen-bond acceptors (Lipinski definition) is 4. The average molecular weight is 211 g/mol. The highest BCUT2D eigenvalue weighted by Gasteiger charge is 2.25. The third-order valence-corrected chi connectivity index (χ3v) is 1.99. The third kappa shape index (κ3) is 2.76. The van der Waals surface area contributed by atoms with Gasteiger partial charge in [-0.1, -0.05) is 0 Å². The van der Waals surface area contributed by atoms with E-state index in [9.17, 15) is 4.79 Å². The number of aliphatic imine (C=N–C) groups is 1. The molecule has 0 radical (unpaired) electrons. The molecule has 0 spiro atoms. The Morgan fingerprint density at radius 1 is 1.60 bits per heavy atom. The maximum atomic E-state index is 11.6. The largest absolute Gasteiger partial charge is 0.355 e. The van der Waals surface area contributed by atoms with Crippen LogP contribution in [0.25, 0.3) is 0 Å². The van der Waals surface area contributed by atoms with Crippen LogP contribution in [0.4, 0.5) is 4.79 Å². The fourth-order valence-corrected chi connectivity index (χ4v) is 1.23. The van der Waals surface area contributed by atoms with Crippen LogP contribution < -0.4 is 0 Å². The van der Waals surface area contributed by atoms with Gasteiger partial charge >= 0.3 is 6.03 Å². The number of hydrogen-bond donors (Lipinski definition) is 0. The zero-order chi connectivity index (χ0) is 11.4. The summed E-state index contributed by atoms with van der Waals surface area (Å²) in [5.74, 6) is 0. The standard InChI is InChI=1S/C9H17N5O/c1-5-10-6-8-7-14(12(2)3)9(15)13(4)11-8/h6H,5,7H2,1-4H3/b10-6+. The van der Waals surface area contributed by atoms with Crippen LogP contribution in [0.3, 0.4) is 0 Å². The van der Waals surface area contributed by atoms with E-state index in [0.717, 1.165) is 12.3 Å². The second kappa shape index (κ2) is 4.88. The first-order chi connectivity index (χ1) is 7.06. The number of carbonyl (C=O) groups excluding carboxylic acids is 1. The predicted molar refractivity (Wildman–Crippen MR) is 60.0 cm³/mol. The van der Waals surface area contributed by atoms with Crippen molar-refractivity contribution in [2.45, 2.75) is 6.92 Å². The number of hydrazone groups is 1. The molecule has 0 saturated heterocycles. The van der Waals surface area contributed by atoms with Crippen molar-refractivity contribution in [3.05, 3.63) is 0 Å². The zero-order valence-electron chi connectivity index (χ0n) is 9.64. The van der Waals surface area contributed by atoms with E-state index < -0.39 is 0 Å². The predicted octanol–water partition coefficient (Wildman–Crippen LogP) is 0.277.